The second-order valence-electron chi connectivity index (χ2n) is 7.16. The van der Waals surface area contributed by atoms with Gasteiger partial charge in [-0.25, -0.2) is 9.37 Å². The van der Waals surface area contributed by atoms with Crippen molar-refractivity contribution in [1.29, 1.82) is 0 Å². The minimum atomic E-state index is -0.757. The zero-order chi connectivity index (χ0) is 25.7. The lowest BCUT2D eigenvalue weighted by Gasteiger charge is -2.17. The summed E-state index contributed by atoms with van der Waals surface area (Å²) in [6.07, 6.45) is 13.5. The van der Waals surface area contributed by atoms with Crippen LogP contribution in [-0.4, -0.2) is 9.55 Å². The number of rotatable bonds is 9. The molecule has 0 aliphatic heterocycles. The first-order chi connectivity index (χ1) is 16.4. The molecule has 180 valence electrons. The van der Waals surface area contributed by atoms with E-state index in [1.54, 1.807) is 19.1 Å². The monoisotopic (exact) mass is 463 g/mol. The summed E-state index contributed by atoms with van der Waals surface area (Å²) < 4.78 is 15.8. The molecule has 0 saturated carbocycles. The lowest BCUT2D eigenvalue weighted by molar-refractivity contribution is 0.628. The molecule has 1 aromatic carbocycles. The van der Waals surface area contributed by atoms with Crippen LogP contribution in [0.15, 0.2) is 82.9 Å². The summed E-state index contributed by atoms with van der Waals surface area (Å²) in [5.74, 6) is -0.542. The highest BCUT2D eigenvalue weighted by atomic mass is 19.1. The highest BCUT2D eigenvalue weighted by molar-refractivity contribution is 5.73. The van der Waals surface area contributed by atoms with Crippen molar-refractivity contribution in [2.24, 2.45) is 5.18 Å². The van der Waals surface area contributed by atoms with E-state index < -0.39 is 5.82 Å². The third kappa shape index (κ3) is 6.91. The van der Waals surface area contributed by atoms with Crippen LogP contribution < -0.4 is 5.56 Å². The molecule has 0 atom stereocenters. The van der Waals surface area contributed by atoms with Gasteiger partial charge in [0.2, 0.25) is 0 Å². The molecular formula is C28H34FN3O2. The first-order valence-electron chi connectivity index (χ1n) is 11.4. The quantitative estimate of drug-likeness (QED) is 0.281. The maximum atomic E-state index is 14.3. The number of nitrogens with zero attached hydrogens (tertiary/aromatic N) is 3. The number of allylic oxidation sites excluding steroid dienone is 9. The summed E-state index contributed by atoms with van der Waals surface area (Å²) in [4.78, 5) is 29.6. The standard InChI is InChI=1S/C26H28FN3O2.C2H6/c1-6-9-12-18(4)23-19(5)28-25(21-14-11-15-22(27)24(21)29-32)30(26(23)31)17-16-20(8-3)13-10-7-2;1-2/h6-15H,2,16-17H2,1,3-5H3;1-2H3/b9-6-,13-10-,18-12+,20-8+;. The van der Waals surface area contributed by atoms with Gasteiger partial charge in [0.1, 0.15) is 5.82 Å². The third-order valence-corrected chi connectivity index (χ3v) is 5.04. The summed E-state index contributed by atoms with van der Waals surface area (Å²) in [6, 6.07) is 4.18. The Labute approximate surface area is 201 Å². The molecule has 1 aromatic heterocycles. The fourth-order valence-electron chi connectivity index (χ4n) is 3.40. The van der Waals surface area contributed by atoms with E-state index in [-0.39, 0.29) is 22.6 Å². The molecule has 0 N–H and O–H groups in total. The van der Waals surface area contributed by atoms with Crippen molar-refractivity contribution in [3.05, 3.63) is 105 Å². The number of hydrogen-bond donors (Lipinski definition) is 0. The van der Waals surface area contributed by atoms with E-state index in [0.29, 0.717) is 24.2 Å². The second kappa shape index (κ2) is 14.5. The number of hydrogen-bond acceptors (Lipinski definition) is 4. The smallest absolute Gasteiger partial charge is 0.261 e. The van der Waals surface area contributed by atoms with E-state index in [0.717, 1.165) is 17.2 Å². The summed E-state index contributed by atoms with van der Waals surface area (Å²) in [6.45, 7) is 15.4. The van der Waals surface area contributed by atoms with E-state index in [1.807, 2.05) is 71.1 Å². The molecule has 5 nitrogen and oxygen atoms in total. The SMILES string of the molecule is C=C/C=C\C(=C/C)CCn1c(-c2cccc(F)c2N=O)nc(C)c(/C(C)=C/C=C\C)c1=O.CC. The summed E-state index contributed by atoms with van der Waals surface area (Å²) in [5, 5.41) is 2.86. The van der Waals surface area contributed by atoms with Gasteiger partial charge in [0, 0.05) is 12.1 Å². The first kappa shape index (κ1) is 28.4. The maximum Gasteiger partial charge on any atom is 0.261 e. The molecule has 0 aliphatic carbocycles. The van der Waals surface area contributed by atoms with Crippen LogP contribution in [0.5, 0.6) is 0 Å². The topological polar surface area (TPSA) is 64.3 Å². The second-order valence-corrected chi connectivity index (χ2v) is 7.16. The largest absolute Gasteiger partial charge is 0.292 e. The van der Waals surface area contributed by atoms with Crippen molar-refractivity contribution in [3.63, 3.8) is 0 Å². The fourth-order valence-corrected chi connectivity index (χ4v) is 3.40. The highest BCUT2D eigenvalue weighted by Crippen LogP contribution is 2.32. The van der Waals surface area contributed by atoms with Crippen molar-refractivity contribution in [1.82, 2.24) is 9.55 Å². The van der Waals surface area contributed by atoms with E-state index in [4.69, 9.17) is 0 Å². The average molecular weight is 464 g/mol. The third-order valence-electron chi connectivity index (χ3n) is 5.04. The zero-order valence-electron chi connectivity index (χ0n) is 20.9. The maximum absolute atomic E-state index is 14.3. The Morgan fingerprint density at radius 3 is 2.53 bits per heavy atom. The molecular weight excluding hydrogens is 429 g/mol. The molecule has 0 aliphatic rings. The molecule has 6 heteroatoms. The van der Waals surface area contributed by atoms with Gasteiger partial charge in [-0.15, -0.1) is 4.91 Å². The number of aryl methyl sites for hydroxylation is 1. The van der Waals surface area contributed by atoms with Crippen molar-refractivity contribution in [3.8, 4) is 11.4 Å². The Morgan fingerprint density at radius 2 is 1.94 bits per heavy atom. The van der Waals surface area contributed by atoms with E-state index in [9.17, 15) is 14.1 Å². The molecule has 0 fully saturated rings. The Bertz CT molecular complexity index is 1180. The summed E-state index contributed by atoms with van der Waals surface area (Å²) >= 11 is 0. The molecule has 1 heterocycles. The normalized spacial score (nSPS) is 12.1. The van der Waals surface area contributed by atoms with Crippen molar-refractivity contribution < 1.29 is 4.39 Å². The number of benzene rings is 1. The number of halogens is 1. The van der Waals surface area contributed by atoms with Crippen molar-refractivity contribution in [2.45, 2.75) is 54.5 Å². The van der Waals surface area contributed by atoms with E-state index in [2.05, 4.69) is 16.7 Å². The first-order valence-corrected chi connectivity index (χ1v) is 11.4. The van der Waals surface area contributed by atoms with Gasteiger partial charge in [-0.05, 0) is 57.0 Å². The minimum Gasteiger partial charge on any atom is -0.292 e. The Hall–Kier alpha value is -3.67. The zero-order valence-corrected chi connectivity index (χ0v) is 20.9. The van der Waals surface area contributed by atoms with Gasteiger partial charge in [-0.3, -0.25) is 9.36 Å². The molecule has 0 radical (unpaired) electrons. The molecule has 0 bridgehead atoms. The highest BCUT2D eigenvalue weighted by Gasteiger charge is 2.20. The van der Waals surface area contributed by atoms with Gasteiger partial charge in [0.15, 0.2) is 11.5 Å². The van der Waals surface area contributed by atoms with Gasteiger partial charge in [0.05, 0.1) is 11.3 Å². The van der Waals surface area contributed by atoms with Crippen LogP contribution in [0.3, 0.4) is 0 Å². The Kier molecular flexibility index (Phi) is 12.1. The van der Waals surface area contributed by atoms with Gasteiger partial charge in [0.25, 0.3) is 5.56 Å². The molecule has 0 saturated heterocycles. The fraction of sp³-hybridized carbons (Fsp3) is 0.286. The lowest BCUT2D eigenvalue weighted by Crippen LogP contribution is -2.28. The van der Waals surface area contributed by atoms with Crippen LogP contribution >= 0.6 is 0 Å². The number of nitroso groups, excluding NO2 is 1. The predicted molar refractivity (Wildman–Crippen MR) is 142 cm³/mol. The molecule has 34 heavy (non-hydrogen) atoms. The molecule has 0 unspecified atom stereocenters. The number of aromatic nitrogens is 2. The van der Waals surface area contributed by atoms with Crippen molar-refractivity contribution in [2.75, 3.05) is 0 Å². The molecule has 0 amide bonds. The Morgan fingerprint density at radius 1 is 1.24 bits per heavy atom. The van der Waals surface area contributed by atoms with Crippen LogP contribution in [0, 0.1) is 17.6 Å². The van der Waals surface area contributed by atoms with Crippen LogP contribution in [0.4, 0.5) is 10.1 Å². The minimum absolute atomic E-state index is 0.186. The van der Waals surface area contributed by atoms with Gasteiger partial charge in [-0.1, -0.05) is 74.6 Å². The predicted octanol–water partition coefficient (Wildman–Crippen LogP) is 7.84. The van der Waals surface area contributed by atoms with Crippen LogP contribution in [-0.2, 0) is 6.54 Å². The van der Waals surface area contributed by atoms with Gasteiger partial charge < -0.3 is 0 Å². The van der Waals surface area contributed by atoms with Gasteiger partial charge in [-0.2, -0.15) is 0 Å². The van der Waals surface area contributed by atoms with Crippen LogP contribution in [0.25, 0.3) is 17.0 Å². The van der Waals surface area contributed by atoms with Gasteiger partial charge >= 0.3 is 0 Å². The van der Waals surface area contributed by atoms with Crippen LogP contribution in [0.1, 0.15) is 52.3 Å². The average Bonchev–Trinajstić information content (AvgIpc) is 2.84. The molecule has 0 spiro atoms. The Balaban J connectivity index is 0.00000281. The van der Waals surface area contributed by atoms with E-state index >= 15 is 0 Å². The van der Waals surface area contributed by atoms with E-state index in [1.165, 1.54) is 10.6 Å². The summed E-state index contributed by atoms with van der Waals surface area (Å²) in [7, 11) is 0. The van der Waals surface area contributed by atoms with Crippen LogP contribution in [0.2, 0.25) is 0 Å². The lowest BCUT2D eigenvalue weighted by atomic mass is 10.0. The van der Waals surface area contributed by atoms with Crippen molar-refractivity contribution >= 4 is 11.3 Å². The summed E-state index contributed by atoms with van der Waals surface area (Å²) in [5.41, 5.74) is 2.31. The molecule has 2 rings (SSSR count). The molecule has 2 aromatic rings.